The summed E-state index contributed by atoms with van der Waals surface area (Å²) >= 11 is 6.55. The first-order valence-electron chi connectivity index (χ1n) is 11.4. The fourth-order valence-electron chi connectivity index (χ4n) is 3.89. The van der Waals surface area contributed by atoms with E-state index >= 15 is 0 Å². The van der Waals surface area contributed by atoms with Crippen LogP contribution in [0.3, 0.4) is 0 Å². The fraction of sp³-hybridized carbons (Fsp3) is 0.0690. The molecule has 0 atom stereocenters. The number of methoxy groups -OCH3 is 1. The van der Waals surface area contributed by atoms with Crippen molar-refractivity contribution in [2.75, 3.05) is 7.11 Å². The summed E-state index contributed by atoms with van der Waals surface area (Å²) < 4.78 is 11.6. The van der Waals surface area contributed by atoms with Gasteiger partial charge in [0.05, 0.1) is 12.0 Å². The van der Waals surface area contributed by atoms with Crippen LogP contribution in [0.1, 0.15) is 21.5 Å². The van der Waals surface area contributed by atoms with Gasteiger partial charge in [-0.15, -0.1) is 0 Å². The van der Waals surface area contributed by atoms with Crippen molar-refractivity contribution in [3.8, 4) is 11.5 Å². The van der Waals surface area contributed by atoms with Gasteiger partial charge < -0.3 is 9.47 Å². The third-order valence-corrected chi connectivity index (χ3v) is 7.10. The molecule has 8 heteroatoms. The van der Waals surface area contributed by atoms with Gasteiger partial charge in [-0.2, -0.15) is 5.01 Å². The number of benzene rings is 4. The van der Waals surface area contributed by atoms with Crippen LogP contribution in [0.15, 0.2) is 95.9 Å². The quantitative estimate of drug-likeness (QED) is 0.236. The van der Waals surface area contributed by atoms with E-state index in [1.54, 1.807) is 37.5 Å². The zero-order valence-corrected chi connectivity index (χ0v) is 21.5. The molecule has 4 aromatic rings. The van der Waals surface area contributed by atoms with E-state index in [1.165, 1.54) is 0 Å². The first-order chi connectivity index (χ1) is 18.0. The standard InChI is InChI=1S/C29H22N2O4S2/c1-34-22-14-11-21(12-15-22)27(32)30-31-28(33)26(37-29(31)36)17-24-23-10-6-5-9-20(23)13-16-25(24)35-18-19-7-3-2-4-8-19/h2-17H,18H2,1H3,(H,30,32)/b26-17+. The molecule has 184 valence electrons. The third-order valence-electron chi connectivity index (χ3n) is 5.80. The van der Waals surface area contributed by atoms with Crippen LogP contribution in [0.25, 0.3) is 16.8 Å². The van der Waals surface area contributed by atoms with E-state index in [0.717, 1.165) is 38.7 Å². The molecule has 0 bridgehead atoms. The second-order valence-electron chi connectivity index (χ2n) is 8.16. The summed E-state index contributed by atoms with van der Waals surface area (Å²) in [4.78, 5) is 26.4. The summed E-state index contributed by atoms with van der Waals surface area (Å²) in [5.41, 5.74) is 4.81. The summed E-state index contributed by atoms with van der Waals surface area (Å²) in [7, 11) is 1.55. The van der Waals surface area contributed by atoms with Gasteiger partial charge in [-0.05, 0) is 65.0 Å². The van der Waals surface area contributed by atoms with Gasteiger partial charge in [-0.1, -0.05) is 72.4 Å². The molecule has 1 aliphatic rings. The zero-order valence-electron chi connectivity index (χ0n) is 19.8. The Morgan fingerprint density at radius 3 is 2.46 bits per heavy atom. The van der Waals surface area contributed by atoms with E-state index in [2.05, 4.69) is 5.43 Å². The average molecular weight is 527 g/mol. The summed E-state index contributed by atoms with van der Waals surface area (Å²) in [5.74, 6) is 0.427. The molecule has 6 nitrogen and oxygen atoms in total. The van der Waals surface area contributed by atoms with Crippen LogP contribution >= 0.6 is 24.0 Å². The molecule has 0 radical (unpaired) electrons. The van der Waals surface area contributed by atoms with E-state index in [4.69, 9.17) is 21.7 Å². The number of thiocarbonyl (C=S) groups is 1. The number of ether oxygens (including phenoxy) is 2. The molecule has 0 saturated carbocycles. The van der Waals surface area contributed by atoms with Gasteiger partial charge in [0.2, 0.25) is 0 Å². The van der Waals surface area contributed by atoms with Crippen LogP contribution in [0.2, 0.25) is 0 Å². The van der Waals surface area contributed by atoms with Crippen molar-refractivity contribution in [3.63, 3.8) is 0 Å². The lowest BCUT2D eigenvalue weighted by Crippen LogP contribution is -2.44. The highest BCUT2D eigenvalue weighted by Gasteiger charge is 2.34. The molecule has 1 aliphatic heterocycles. The molecule has 0 aromatic heterocycles. The Morgan fingerprint density at radius 2 is 1.70 bits per heavy atom. The summed E-state index contributed by atoms with van der Waals surface area (Å²) in [6.07, 6.45) is 1.78. The lowest BCUT2D eigenvalue weighted by atomic mass is 10.0. The van der Waals surface area contributed by atoms with Crippen molar-refractivity contribution >= 4 is 57.0 Å². The van der Waals surface area contributed by atoms with Crippen molar-refractivity contribution in [1.82, 2.24) is 10.4 Å². The number of amides is 2. The minimum atomic E-state index is -0.447. The van der Waals surface area contributed by atoms with Crippen molar-refractivity contribution in [1.29, 1.82) is 0 Å². The molecule has 0 unspecified atom stereocenters. The van der Waals surface area contributed by atoms with Crippen LogP contribution in [0.5, 0.6) is 11.5 Å². The molecule has 1 saturated heterocycles. The Labute approximate surface area is 223 Å². The Morgan fingerprint density at radius 1 is 0.973 bits per heavy atom. The number of fused-ring (bicyclic) bond motifs is 1. The SMILES string of the molecule is COc1ccc(C(=O)NN2C(=O)/C(=C\c3c(OCc4ccccc4)ccc4ccccc34)SC2=S)cc1. The Bertz CT molecular complexity index is 1520. The van der Waals surface area contributed by atoms with Crippen LogP contribution < -0.4 is 14.9 Å². The first kappa shape index (κ1) is 24.5. The number of carbonyl (C=O) groups excluding carboxylic acids is 2. The van der Waals surface area contributed by atoms with Gasteiger partial charge in [-0.25, -0.2) is 0 Å². The predicted octanol–water partition coefficient (Wildman–Crippen LogP) is 5.97. The number of carbonyl (C=O) groups is 2. The fourth-order valence-corrected chi connectivity index (χ4v) is 5.05. The molecule has 2 amide bonds. The molecular weight excluding hydrogens is 504 g/mol. The Balaban J connectivity index is 1.42. The van der Waals surface area contributed by atoms with Gasteiger partial charge in [-0.3, -0.25) is 15.0 Å². The first-order valence-corrected chi connectivity index (χ1v) is 12.7. The third kappa shape index (κ3) is 5.35. The summed E-state index contributed by atoms with van der Waals surface area (Å²) in [6.45, 7) is 0.388. The Hall–Kier alpha value is -4.14. The lowest BCUT2D eigenvalue weighted by Gasteiger charge is -2.16. The van der Waals surface area contributed by atoms with E-state index in [1.807, 2.05) is 66.7 Å². The average Bonchev–Trinajstić information content (AvgIpc) is 3.20. The lowest BCUT2D eigenvalue weighted by molar-refractivity contribution is -0.123. The van der Waals surface area contributed by atoms with Gasteiger partial charge in [0.1, 0.15) is 18.1 Å². The van der Waals surface area contributed by atoms with E-state index in [9.17, 15) is 9.59 Å². The number of hydrogen-bond acceptors (Lipinski definition) is 6. The second-order valence-corrected chi connectivity index (χ2v) is 9.84. The zero-order chi connectivity index (χ0) is 25.8. The van der Waals surface area contributed by atoms with E-state index in [-0.39, 0.29) is 4.32 Å². The summed E-state index contributed by atoms with van der Waals surface area (Å²) in [5, 5.41) is 3.07. The highest BCUT2D eigenvalue weighted by Crippen LogP contribution is 2.36. The Kier molecular flexibility index (Phi) is 7.20. The van der Waals surface area contributed by atoms with Gasteiger partial charge in [0.15, 0.2) is 4.32 Å². The maximum absolute atomic E-state index is 13.3. The molecule has 0 aliphatic carbocycles. The van der Waals surface area contributed by atoms with Crippen LogP contribution in [0.4, 0.5) is 0 Å². The number of nitrogens with zero attached hydrogens (tertiary/aromatic N) is 1. The molecule has 5 rings (SSSR count). The number of thioether (sulfide) groups is 1. The monoisotopic (exact) mass is 526 g/mol. The molecule has 1 fully saturated rings. The van der Waals surface area contributed by atoms with Crippen LogP contribution in [-0.4, -0.2) is 28.3 Å². The highest BCUT2D eigenvalue weighted by molar-refractivity contribution is 8.26. The molecule has 1 N–H and O–H groups in total. The number of nitrogens with one attached hydrogen (secondary N) is 1. The van der Waals surface area contributed by atoms with Gasteiger partial charge >= 0.3 is 0 Å². The number of rotatable bonds is 7. The van der Waals surface area contributed by atoms with Crippen molar-refractivity contribution in [2.45, 2.75) is 6.61 Å². The second kappa shape index (κ2) is 10.9. The minimum absolute atomic E-state index is 0.241. The smallest absolute Gasteiger partial charge is 0.285 e. The van der Waals surface area contributed by atoms with Gasteiger partial charge in [0, 0.05) is 11.1 Å². The largest absolute Gasteiger partial charge is 0.497 e. The number of hydrogen-bond donors (Lipinski definition) is 1. The van der Waals surface area contributed by atoms with Crippen LogP contribution in [0, 0.1) is 0 Å². The van der Waals surface area contributed by atoms with Crippen molar-refractivity contribution < 1.29 is 19.1 Å². The number of hydrazine groups is 1. The highest BCUT2D eigenvalue weighted by atomic mass is 32.2. The molecular formula is C29H22N2O4S2. The molecule has 4 aromatic carbocycles. The molecule has 0 spiro atoms. The summed E-state index contributed by atoms with van der Waals surface area (Å²) in [6, 6.07) is 28.3. The topological polar surface area (TPSA) is 67.9 Å². The van der Waals surface area contributed by atoms with E-state index < -0.39 is 11.8 Å². The molecule has 1 heterocycles. The minimum Gasteiger partial charge on any atom is -0.497 e. The van der Waals surface area contributed by atoms with E-state index in [0.29, 0.717) is 28.6 Å². The normalized spacial score (nSPS) is 14.3. The predicted molar refractivity (Wildman–Crippen MR) is 150 cm³/mol. The van der Waals surface area contributed by atoms with Gasteiger partial charge in [0.25, 0.3) is 11.8 Å². The maximum Gasteiger partial charge on any atom is 0.285 e. The van der Waals surface area contributed by atoms with Crippen LogP contribution in [-0.2, 0) is 11.4 Å². The molecule has 37 heavy (non-hydrogen) atoms. The van der Waals surface area contributed by atoms with Crippen molar-refractivity contribution in [2.24, 2.45) is 0 Å². The van der Waals surface area contributed by atoms with Crippen molar-refractivity contribution in [3.05, 3.63) is 113 Å². The maximum atomic E-state index is 13.3.